The minimum Gasteiger partial charge on any atom is -0.507 e. The molecule has 0 heterocycles. The Balaban J connectivity index is 3.38. The molecule has 0 aliphatic heterocycles. The van der Waals surface area contributed by atoms with Gasteiger partial charge in [-0.3, -0.25) is 4.99 Å². The van der Waals surface area contributed by atoms with Gasteiger partial charge in [0.2, 0.25) is 0 Å². The molecule has 0 saturated carbocycles. The van der Waals surface area contributed by atoms with Gasteiger partial charge in [-0.25, -0.2) is 0 Å². The third-order valence-corrected chi connectivity index (χ3v) is 3.61. The molecule has 0 amide bonds. The van der Waals surface area contributed by atoms with Crippen LogP contribution in [0.3, 0.4) is 0 Å². The number of rotatable bonds is 2. The Hall–Kier alpha value is -1.31. The topological polar surface area (TPSA) is 32.6 Å². The fourth-order valence-corrected chi connectivity index (χ4v) is 2.18. The highest BCUT2D eigenvalue weighted by Gasteiger charge is 2.24. The third-order valence-electron chi connectivity index (χ3n) is 3.61. The maximum atomic E-state index is 10.7. The van der Waals surface area contributed by atoms with Gasteiger partial charge in [0.05, 0.1) is 0 Å². The molecule has 1 N–H and O–H groups in total. The molecule has 0 atom stereocenters. The summed E-state index contributed by atoms with van der Waals surface area (Å²) in [6.07, 6.45) is 1.82. The van der Waals surface area contributed by atoms with Gasteiger partial charge in [0.1, 0.15) is 5.75 Å². The van der Waals surface area contributed by atoms with E-state index in [1.807, 2.05) is 6.21 Å². The second-order valence-corrected chi connectivity index (χ2v) is 9.49. The molecule has 124 valence electrons. The quantitative estimate of drug-likeness (QED) is 0.724. The van der Waals surface area contributed by atoms with Crippen LogP contribution in [0.1, 0.15) is 79.0 Å². The van der Waals surface area contributed by atoms with Crippen molar-refractivity contribution in [2.24, 2.45) is 10.4 Å². The van der Waals surface area contributed by atoms with E-state index in [4.69, 9.17) is 0 Å². The van der Waals surface area contributed by atoms with Gasteiger partial charge in [0, 0.05) is 23.9 Å². The van der Waals surface area contributed by atoms with Crippen molar-refractivity contribution in [3.05, 3.63) is 28.8 Å². The average Bonchev–Trinajstić information content (AvgIpc) is 2.26. The van der Waals surface area contributed by atoms with Gasteiger partial charge in [0.25, 0.3) is 0 Å². The van der Waals surface area contributed by atoms with Gasteiger partial charge in [-0.05, 0) is 27.9 Å². The summed E-state index contributed by atoms with van der Waals surface area (Å²) in [7, 11) is 0. The fourth-order valence-electron chi connectivity index (χ4n) is 2.18. The second kappa shape index (κ2) is 6.06. The summed E-state index contributed by atoms with van der Waals surface area (Å²) in [6, 6.07) is 4.20. The Morgan fingerprint density at radius 1 is 0.909 bits per heavy atom. The van der Waals surface area contributed by atoms with Crippen LogP contribution in [0.2, 0.25) is 0 Å². The van der Waals surface area contributed by atoms with Crippen LogP contribution in [0.15, 0.2) is 17.1 Å². The lowest BCUT2D eigenvalue weighted by molar-refractivity contribution is 0.429. The lowest BCUT2D eigenvalue weighted by Crippen LogP contribution is -2.17. The Kier molecular flexibility index (Phi) is 5.16. The Bertz CT molecular complexity index is 549. The van der Waals surface area contributed by atoms with Gasteiger partial charge in [0.15, 0.2) is 0 Å². The smallest absolute Gasteiger partial charge is 0.128 e. The maximum Gasteiger partial charge on any atom is 0.128 e. The molecule has 0 saturated heterocycles. The molecule has 1 rings (SSSR count). The first-order chi connectivity index (χ1) is 9.72. The van der Waals surface area contributed by atoms with Crippen molar-refractivity contribution in [3.63, 3.8) is 0 Å². The van der Waals surface area contributed by atoms with E-state index in [0.717, 1.165) is 17.7 Å². The lowest BCUT2D eigenvalue weighted by Gasteiger charge is -2.27. The number of hydrogen-bond donors (Lipinski definition) is 1. The predicted octanol–water partition coefficient (Wildman–Crippen LogP) is 5.45. The highest BCUT2D eigenvalue weighted by atomic mass is 16.3. The first-order valence-corrected chi connectivity index (χ1v) is 8.09. The monoisotopic (exact) mass is 303 g/mol. The summed E-state index contributed by atoms with van der Waals surface area (Å²) in [5, 5.41) is 10.7. The lowest BCUT2D eigenvalue weighted by atomic mass is 9.79. The highest BCUT2D eigenvalue weighted by molar-refractivity contribution is 5.85. The van der Waals surface area contributed by atoms with E-state index in [1.54, 1.807) is 0 Å². The SMILES string of the molecule is CC(C)(C)CN=Cc1cc(C(C)(C)C)cc(C(C)(C)C)c1O. The summed E-state index contributed by atoms with van der Waals surface area (Å²) in [4.78, 5) is 4.54. The number of aliphatic imine (C=N–C) groups is 1. The standard InChI is InChI=1S/C20H33NO/c1-18(2,3)13-21-12-14-10-15(19(4,5)6)11-16(17(14)22)20(7,8)9/h10-12,22H,13H2,1-9H3. The Morgan fingerprint density at radius 2 is 1.45 bits per heavy atom. The Morgan fingerprint density at radius 3 is 1.86 bits per heavy atom. The van der Waals surface area contributed by atoms with Crippen LogP contribution in [0.25, 0.3) is 0 Å². The molecule has 1 aromatic carbocycles. The van der Waals surface area contributed by atoms with Crippen molar-refractivity contribution in [1.29, 1.82) is 0 Å². The van der Waals surface area contributed by atoms with Crippen LogP contribution in [-0.4, -0.2) is 17.9 Å². The largest absolute Gasteiger partial charge is 0.507 e. The molecule has 0 bridgehead atoms. The van der Waals surface area contributed by atoms with Crippen molar-refractivity contribution in [3.8, 4) is 5.75 Å². The van der Waals surface area contributed by atoms with Crippen LogP contribution < -0.4 is 0 Å². The van der Waals surface area contributed by atoms with E-state index in [9.17, 15) is 5.11 Å². The highest BCUT2D eigenvalue weighted by Crippen LogP contribution is 2.37. The second-order valence-electron chi connectivity index (χ2n) is 9.49. The minimum absolute atomic E-state index is 0.0420. The van der Waals surface area contributed by atoms with Crippen molar-refractivity contribution >= 4 is 6.21 Å². The molecule has 2 heteroatoms. The van der Waals surface area contributed by atoms with Crippen LogP contribution in [0.5, 0.6) is 5.75 Å². The van der Waals surface area contributed by atoms with Crippen molar-refractivity contribution < 1.29 is 5.11 Å². The molecule has 0 radical (unpaired) electrons. The molecular formula is C20H33NO. The van der Waals surface area contributed by atoms with E-state index in [2.05, 4.69) is 79.4 Å². The first kappa shape index (κ1) is 18.7. The molecular weight excluding hydrogens is 270 g/mol. The number of aromatic hydroxyl groups is 1. The molecule has 1 aromatic rings. The van der Waals surface area contributed by atoms with E-state index < -0.39 is 0 Å². The van der Waals surface area contributed by atoms with E-state index in [1.165, 1.54) is 5.56 Å². The number of phenolic OH excluding ortho intramolecular Hbond substituents is 1. The zero-order valence-electron chi connectivity index (χ0n) is 15.8. The van der Waals surface area contributed by atoms with Gasteiger partial charge in [-0.2, -0.15) is 0 Å². The van der Waals surface area contributed by atoms with Crippen LogP contribution in [-0.2, 0) is 10.8 Å². The molecule has 0 fully saturated rings. The molecule has 0 spiro atoms. The summed E-state index contributed by atoms with van der Waals surface area (Å²) in [5.74, 6) is 0.359. The molecule has 22 heavy (non-hydrogen) atoms. The van der Waals surface area contributed by atoms with Crippen molar-refractivity contribution in [2.45, 2.75) is 73.1 Å². The van der Waals surface area contributed by atoms with Crippen LogP contribution >= 0.6 is 0 Å². The summed E-state index contributed by atoms with van der Waals surface area (Å²) < 4.78 is 0. The van der Waals surface area contributed by atoms with Crippen molar-refractivity contribution in [1.82, 2.24) is 0 Å². The van der Waals surface area contributed by atoms with Gasteiger partial charge >= 0.3 is 0 Å². The maximum absolute atomic E-state index is 10.7. The van der Waals surface area contributed by atoms with Crippen LogP contribution in [0.4, 0.5) is 0 Å². The average molecular weight is 303 g/mol. The molecule has 0 aliphatic carbocycles. The molecule has 0 unspecified atom stereocenters. The third kappa shape index (κ3) is 5.15. The molecule has 0 aromatic heterocycles. The minimum atomic E-state index is -0.0992. The van der Waals surface area contributed by atoms with Crippen LogP contribution in [0, 0.1) is 5.41 Å². The predicted molar refractivity (Wildman–Crippen MR) is 97.4 cm³/mol. The number of nitrogens with zero attached hydrogens (tertiary/aromatic N) is 1. The van der Waals surface area contributed by atoms with E-state index in [0.29, 0.717) is 5.75 Å². The normalized spacial score (nSPS) is 13.9. The first-order valence-electron chi connectivity index (χ1n) is 8.09. The van der Waals surface area contributed by atoms with Gasteiger partial charge in [-0.15, -0.1) is 0 Å². The van der Waals surface area contributed by atoms with Crippen molar-refractivity contribution in [2.75, 3.05) is 6.54 Å². The number of benzene rings is 1. The zero-order chi connectivity index (χ0) is 17.3. The Labute approximate surface area is 136 Å². The van der Waals surface area contributed by atoms with E-state index >= 15 is 0 Å². The summed E-state index contributed by atoms with van der Waals surface area (Å²) >= 11 is 0. The molecule has 2 nitrogen and oxygen atoms in total. The van der Waals surface area contributed by atoms with E-state index in [-0.39, 0.29) is 16.2 Å². The van der Waals surface area contributed by atoms with Gasteiger partial charge < -0.3 is 5.11 Å². The summed E-state index contributed by atoms with van der Waals surface area (Å²) in [5.41, 5.74) is 3.13. The summed E-state index contributed by atoms with van der Waals surface area (Å²) in [6.45, 7) is 20.2. The number of phenols is 1. The zero-order valence-corrected chi connectivity index (χ0v) is 15.8. The molecule has 0 aliphatic rings. The van der Waals surface area contributed by atoms with Gasteiger partial charge in [-0.1, -0.05) is 68.4 Å². The number of hydrogen-bond acceptors (Lipinski definition) is 2. The fraction of sp³-hybridized carbons (Fsp3) is 0.650.